The first kappa shape index (κ1) is 7.76. The van der Waals surface area contributed by atoms with Crippen LogP contribution in [-0.4, -0.2) is 24.9 Å². The van der Waals surface area contributed by atoms with Gasteiger partial charge in [-0.1, -0.05) is 0 Å². The van der Waals surface area contributed by atoms with Crippen LogP contribution in [0.15, 0.2) is 4.99 Å². The van der Waals surface area contributed by atoms with Crippen LogP contribution in [0.25, 0.3) is 0 Å². The Kier molecular flexibility index (Phi) is 4.76. The van der Waals surface area contributed by atoms with Crippen LogP contribution in [0, 0.1) is 0 Å². The summed E-state index contributed by atoms with van der Waals surface area (Å²) in [5.41, 5.74) is 0. The maximum absolute atomic E-state index is 4.78. The zero-order chi connectivity index (χ0) is 6.41. The third kappa shape index (κ3) is 3.93. The number of thiocarbonyl (C=S) groups is 1. The van der Waals surface area contributed by atoms with Gasteiger partial charge in [-0.05, 0) is 19.1 Å². The van der Waals surface area contributed by atoms with E-state index in [0.29, 0.717) is 6.61 Å². The molecule has 0 aromatic rings. The van der Waals surface area contributed by atoms with Gasteiger partial charge in [0.2, 0.25) is 0 Å². The Hall–Kier alpha value is -0.240. The predicted octanol–water partition coefficient (Wildman–Crippen LogP) is 1.12. The molecule has 3 heteroatoms. The summed E-state index contributed by atoms with van der Waals surface area (Å²) in [6.07, 6.45) is 0. The van der Waals surface area contributed by atoms with E-state index < -0.39 is 0 Å². The first-order chi connectivity index (χ1) is 3.81. The summed E-state index contributed by atoms with van der Waals surface area (Å²) in [5.74, 6) is 0. The van der Waals surface area contributed by atoms with Gasteiger partial charge in [0, 0.05) is 7.11 Å². The first-order valence-electron chi connectivity index (χ1n) is 2.37. The van der Waals surface area contributed by atoms with Crippen molar-refractivity contribution in [2.45, 2.75) is 13.0 Å². The molecule has 0 aliphatic rings. The molecule has 8 heavy (non-hydrogen) atoms. The van der Waals surface area contributed by atoms with Crippen molar-refractivity contribution in [3.05, 3.63) is 0 Å². The maximum atomic E-state index is 4.78. The van der Waals surface area contributed by atoms with Gasteiger partial charge in [-0.2, -0.15) is 0 Å². The highest BCUT2D eigenvalue weighted by molar-refractivity contribution is 7.78. The minimum absolute atomic E-state index is 0.150. The van der Waals surface area contributed by atoms with Crippen molar-refractivity contribution in [3.63, 3.8) is 0 Å². The number of nitrogens with zero attached hydrogens (tertiary/aromatic N) is 1. The molecular weight excluding hydrogens is 122 g/mol. The molecule has 0 spiro atoms. The molecule has 46 valence electrons. The van der Waals surface area contributed by atoms with Gasteiger partial charge in [-0.3, -0.25) is 0 Å². The van der Waals surface area contributed by atoms with E-state index in [1.807, 2.05) is 6.92 Å². The Bertz CT molecular complexity index is 98.6. The van der Waals surface area contributed by atoms with Crippen LogP contribution < -0.4 is 0 Å². The van der Waals surface area contributed by atoms with Gasteiger partial charge in [0.25, 0.3) is 0 Å². The van der Waals surface area contributed by atoms with Gasteiger partial charge in [-0.25, -0.2) is 4.99 Å². The van der Waals surface area contributed by atoms with E-state index >= 15 is 0 Å². The summed E-state index contributed by atoms with van der Waals surface area (Å²) in [4.78, 5) is 3.75. The van der Waals surface area contributed by atoms with Crippen LogP contribution >= 0.6 is 12.2 Å². The predicted molar refractivity (Wildman–Crippen MR) is 36.4 cm³/mol. The molecular formula is C5H9NOS. The lowest BCUT2D eigenvalue weighted by atomic mass is 10.4. The van der Waals surface area contributed by atoms with E-state index in [4.69, 9.17) is 4.74 Å². The van der Waals surface area contributed by atoms with Crippen LogP contribution in [0.3, 0.4) is 0 Å². The third-order valence-corrected chi connectivity index (χ3v) is 0.786. The lowest BCUT2D eigenvalue weighted by molar-refractivity contribution is 0.186. The number of hydrogen-bond acceptors (Lipinski definition) is 3. The van der Waals surface area contributed by atoms with Crippen molar-refractivity contribution >= 4 is 17.4 Å². The fraction of sp³-hybridized carbons (Fsp3) is 0.800. The Labute approximate surface area is 54.6 Å². The van der Waals surface area contributed by atoms with Crippen molar-refractivity contribution in [3.8, 4) is 0 Å². The van der Waals surface area contributed by atoms with Crippen molar-refractivity contribution < 1.29 is 4.74 Å². The van der Waals surface area contributed by atoms with Crippen LogP contribution in [-0.2, 0) is 4.74 Å². The number of isothiocyanates is 1. The number of rotatable bonds is 3. The summed E-state index contributed by atoms with van der Waals surface area (Å²) < 4.78 is 4.78. The van der Waals surface area contributed by atoms with Crippen molar-refractivity contribution in [1.82, 2.24) is 0 Å². The molecule has 0 aromatic carbocycles. The highest BCUT2D eigenvalue weighted by Crippen LogP contribution is 1.85. The Morgan fingerprint density at radius 2 is 2.50 bits per heavy atom. The number of aliphatic imine (C=N–C) groups is 1. The highest BCUT2D eigenvalue weighted by Gasteiger charge is 1.92. The smallest absolute Gasteiger partial charge is 0.0807 e. The molecule has 0 saturated carbocycles. The molecule has 0 rings (SSSR count). The van der Waals surface area contributed by atoms with E-state index in [1.165, 1.54) is 0 Å². The number of methoxy groups -OCH3 is 1. The highest BCUT2D eigenvalue weighted by atomic mass is 32.1. The van der Waals surface area contributed by atoms with Crippen molar-refractivity contribution in [2.24, 2.45) is 4.99 Å². The topological polar surface area (TPSA) is 21.6 Å². The molecule has 0 amide bonds. The quantitative estimate of drug-likeness (QED) is 0.423. The molecule has 0 N–H and O–H groups in total. The van der Waals surface area contributed by atoms with Crippen LogP contribution in [0.5, 0.6) is 0 Å². The maximum Gasteiger partial charge on any atom is 0.0807 e. The lowest BCUT2D eigenvalue weighted by Crippen LogP contribution is -2.05. The molecule has 2 nitrogen and oxygen atoms in total. The second kappa shape index (κ2) is 4.91. The molecule has 0 saturated heterocycles. The van der Waals surface area contributed by atoms with E-state index in [9.17, 15) is 0 Å². The summed E-state index contributed by atoms with van der Waals surface area (Å²) in [5, 5.41) is 2.28. The molecule has 1 unspecified atom stereocenters. The molecule has 0 aromatic heterocycles. The van der Waals surface area contributed by atoms with Crippen molar-refractivity contribution in [2.75, 3.05) is 13.7 Å². The number of ether oxygens (including phenoxy) is 1. The zero-order valence-corrected chi connectivity index (χ0v) is 5.86. The molecule has 0 heterocycles. The normalized spacial score (nSPS) is 12.2. The largest absolute Gasteiger partial charge is 0.382 e. The molecule has 0 aliphatic carbocycles. The lowest BCUT2D eigenvalue weighted by Gasteiger charge is -1.98. The Morgan fingerprint density at radius 1 is 1.88 bits per heavy atom. The van der Waals surface area contributed by atoms with Crippen LogP contribution in [0.1, 0.15) is 6.92 Å². The fourth-order valence-corrected chi connectivity index (χ4v) is 0.548. The van der Waals surface area contributed by atoms with E-state index in [1.54, 1.807) is 7.11 Å². The van der Waals surface area contributed by atoms with Crippen molar-refractivity contribution in [1.29, 1.82) is 0 Å². The SMILES string of the molecule is COCC(C)N=C=S. The second-order valence-electron chi connectivity index (χ2n) is 1.52. The summed E-state index contributed by atoms with van der Waals surface area (Å²) >= 11 is 4.37. The molecule has 0 fully saturated rings. The van der Waals surface area contributed by atoms with Gasteiger partial charge in [0.15, 0.2) is 0 Å². The molecule has 0 radical (unpaired) electrons. The van der Waals surface area contributed by atoms with Crippen LogP contribution in [0.4, 0.5) is 0 Å². The average molecular weight is 131 g/mol. The Balaban J connectivity index is 3.31. The second-order valence-corrected chi connectivity index (χ2v) is 1.71. The van der Waals surface area contributed by atoms with E-state index in [0.717, 1.165) is 0 Å². The third-order valence-electron chi connectivity index (χ3n) is 0.681. The minimum Gasteiger partial charge on any atom is -0.382 e. The van der Waals surface area contributed by atoms with Gasteiger partial charge in [0.1, 0.15) is 0 Å². The van der Waals surface area contributed by atoms with Gasteiger partial charge >= 0.3 is 0 Å². The van der Waals surface area contributed by atoms with Gasteiger partial charge in [0.05, 0.1) is 17.8 Å². The summed E-state index contributed by atoms with van der Waals surface area (Å²) in [6, 6.07) is 0.150. The van der Waals surface area contributed by atoms with Gasteiger partial charge < -0.3 is 4.74 Å². The summed E-state index contributed by atoms with van der Waals surface area (Å²) in [6.45, 7) is 2.53. The average Bonchev–Trinajstić information content (AvgIpc) is 1.68. The monoisotopic (exact) mass is 131 g/mol. The zero-order valence-electron chi connectivity index (χ0n) is 5.05. The van der Waals surface area contributed by atoms with Crippen LogP contribution in [0.2, 0.25) is 0 Å². The molecule has 1 atom stereocenters. The number of hydrogen-bond donors (Lipinski definition) is 0. The summed E-state index contributed by atoms with van der Waals surface area (Å²) in [7, 11) is 1.63. The minimum atomic E-state index is 0.150. The van der Waals surface area contributed by atoms with E-state index in [-0.39, 0.29) is 6.04 Å². The Morgan fingerprint density at radius 3 is 2.88 bits per heavy atom. The molecule has 0 aliphatic heterocycles. The first-order valence-corrected chi connectivity index (χ1v) is 2.78. The van der Waals surface area contributed by atoms with E-state index in [2.05, 4.69) is 22.4 Å². The fourth-order valence-electron chi connectivity index (χ4n) is 0.368. The molecule has 0 bridgehead atoms. The standard InChI is InChI=1S/C5H9NOS/c1-5(3-7-2)6-4-8/h5H,3H2,1-2H3. The van der Waals surface area contributed by atoms with Gasteiger partial charge in [-0.15, -0.1) is 0 Å².